The summed E-state index contributed by atoms with van der Waals surface area (Å²) in [5.74, 6) is -1.05. The normalized spacial score (nSPS) is 17.3. The van der Waals surface area contributed by atoms with Gasteiger partial charge in [0.05, 0.1) is 6.61 Å². The van der Waals surface area contributed by atoms with E-state index in [-0.39, 0.29) is 24.4 Å². The van der Waals surface area contributed by atoms with Crippen LogP contribution in [0, 0.1) is 5.92 Å². The molecule has 1 fully saturated rings. The van der Waals surface area contributed by atoms with Crippen molar-refractivity contribution >= 4 is 6.09 Å². The number of amides is 1. The fourth-order valence-corrected chi connectivity index (χ4v) is 2.64. The van der Waals surface area contributed by atoms with Crippen LogP contribution in [0.4, 0.5) is 18.0 Å². The maximum Gasteiger partial charge on any atom is 0.421 e. The summed E-state index contributed by atoms with van der Waals surface area (Å²) < 4.78 is 52.8. The average Bonchev–Trinajstić information content (AvgIpc) is 2.58. The molecule has 1 atom stereocenters. The van der Waals surface area contributed by atoms with Crippen molar-refractivity contribution < 1.29 is 37.0 Å². The zero-order valence-electron chi connectivity index (χ0n) is 15.9. The number of likely N-dealkylation sites (tertiary alicyclic amines) is 1. The van der Waals surface area contributed by atoms with Crippen molar-refractivity contribution in [3.8, 4) is 5.75 Å². The Labute approximate surface area is 160 Å². The van der Waals surface area contributed by atoms with Crippen LogP contribution >= 0.6 is 0 Å². The lowest BCUT2D eigenvalue weighted by atomic mass is 9.98. The van der Waals surface area contributed by atoms with Gasteiger partial charge in [-0.3, -0.25) is 4.79 Å². The lowest BCUT2D eigenvalue weighted by Gasteiger charge is -2.33. The van der Waals surface area contributed by atoms with Crippen LogP contribution in [0.25, 0.3) is 0 Å². The second kappa shape index (κ2) is 8.42. The van der Waals surface area contributed by atoms with E-state index in [4.69, 9.17) is 19.0 Å². The van der Waals surface area contributed by atoms with Gasteiger partial charge in [0.25, 0.3) is 0 Å². The number of ether oxygens (including phenoxy) is 2. The Hall–Kier alpha value is -2.23. The number of rotatable bonds is 4. The molecule has 7 nitrogen and oxygen atoms in total. The molecule has 1 aliphatic heterocycles. The van der Waals surface area contributed by atoms with Gasteiger partial charge in [0.15, 0.2) is 0 Å². The van der Waals surface area contributed by atoms with Crippen molar-refractivity contribution in [3.63, 3.8) is 0 Å². The number of hydrogen-bond acceptors (Lipinski definition) is 6. The van der Waals surface area contributed by atoms with Crippen molar-refractivity contribution in [1.29, 1.82) is 0 Å². The van der Waals surface area contributed by atoms with Crippen LogP contribution in [0.15, 0.2) is 21.5 Å². The quantitative estimate of drug-likeness (QED) is 0.824. The molecule has 28 heavy (non-hydrogen) atoms. The first-order chi connectivity index (χ1) is 12.9. The molecule has 1 aliphatic rings. The van der Waals surface area contributed by atoms with Gasteiger partial charge in [-0.2, -0.15) is 13.2 Å². The summed E-state index contributed by atoms with van der Waals surface area (Å²) in [6, 6.07) is 0.568. The summed E-state index contributed by atoms with van der Waals surface area (Å²) in [5, 5.41) is 9.11. The molecule has 0 radical (unpaired) electrons. The molecule has 1 unspecified atom stereocenters. The van der Waals surface area contributed by atoms with Gasteiger partial charge in [0.2, 0.25) is 17.3 Å². The summed E-state index contributed by atoms with van der Waals surface area (Å²) >= 11 is 0. The van der Waals surface area contributed by atoms with Crippen molar-refractivity contribution in [2.75, 3.05) is 19.7 Å². The number of alkyl halides is 3. The highest BCUT2D eigenvalue weighted by Crippen LogP contribution is 2.32. The number of aliphatic hydroxyl groups is 1. The summed E-state index contributed by atoms with van der Waals surface area (Å²) in [6.45, 7) is 6.48. The minimum atomic E-state index is -4.93. The first-order valence-corrected chi connectivity index (χ1v) is 8.85. The highest BCUT2D eigenvalue weighted by molar-refractivity contribution is 5.68. The molecule has 2 heterocycles. The number of piperidine rings is 1. The van der Waals surface area contributed by atoms with Gasteiger partial charge in [0, 0.05) is 19.2 Å². The van der Waals surface area contributed by atoms with Crippen molar-refractivity contribution in [2.45, 2.75) is 51.5 Å². The summed E-state index contributed by atoms with van der Waals surface area (Å²) in [7, 11) is 0. The van der Waals surface area contributed by atoms with Crippen LogP contribution in [0.3, 0.4) is 0 Å². The SMILES string of the molecule is CC(C)(C)OC(=O)N1CCC(COc2coc(C(O)C(F)(F)F)cc2=O)CC1. The van der Waals surface area contributed by atoms with Crippen molar-refractivity contribution in [1.82, 2.24) is 4.90 Å². The zero-order chi connectivity index (χ0) is 21.1. The van der Waals surface area contributed by atoms with E-state index in [0.29, 0.717) is 32.0 Å². The van der Waals surface area contributed by atoms with Gasteiger partial charge in [0.1, 0.15) is 17.6 Å². The molecule has 10 heteroatoms. The van der Waals surface area contributed by atoms with E-state index >= 15 is 0 Å². The minimum absolute atomic E-state index is 0.0681. The predicted molar refractivity (Wildman–Crippen MR) is 92.0 cm³/mol. The Morgan fingerprint density at radius 3 is 2.43 bits per heavy atom. The maximum absolute atomic E-state index is 12.5. The third-order valence-electron chi connectivity index (χ3n) is 4.14. The Kier molecular flexibility index (Phi) is 6.63. The first kappa shape index (κ1) is 22.1. The van der Waals surface area contributed by atoms with Crippen LogP contribution in [0.5, 0.6) is 5.75 Å². The number of nitrogens with zero attached hydrogens (tertiary/aromatic N) is 1. The molecule has 0 aliphatic carbocycles. The van der Waals surface area contributed by atoms with Gasteiger partial charge in [-0.15, -0.1) is 0 Å². The van der Waals surface area contributed by atoms with Gasteiger partial charge < -0.3 is 23.9 Å². The number of carbonyl (C=O) groups is 1. The summed E-state index contributed by atoms with van der Waals surface area (Å²) in [6.07, 6.45) is -6.15. The minimum Gasteiger partial charge on any atom is -0.486 e. The predicted octanol–water partition coefficient (Wildman–Crippen LogP) is 3.26. The van der Waals surface area contributed by atoms with Gasteiger partial charge >= 0.3 is 12.3 Å². The Morgan fingerprint density at radius 1 is 1.32 bits per heavy atom. The number of halogens is 3. The molecule has 1 saturated heterocycles. The van der Waals surface area contributed by atoms with Crippen molar-refractivity contribution in [2.24, 2.45) is 5.92 Å². The van der Waals surface area contributed by atoms with E-state index in [9.17, 15) is 22.8 Å². The second-order valence-electron chi connectivity index (χ2n) is 7.68. The molecule has 1 N–H and O–H groups in total. The Balaban J connectivity index is 1.86. The van der Waals surface area contributed by atoms with Crippen molar-refractivity contribution in [3.05, 3.63) is 28.3 Å². The summed E-state index contributed by atoms with van der Waals surface area (Å²) in [4.78, 5) is 25.5. The third kappa shape index (κ3) is 6.15. The fourth-order valence-electron chi connectivity index (χ4n) is 2.64. The van der Waals surface area contributed by atoms with E-state index < -0.39 is 29.1 Å². The monoisotopic (exact) mass is 407 g/mol. The van der Waals surface area contributed by atoms with Crippen LogP contribution in [-0.2, 0) is 4.74 Å². The standard InChI is InChI=1S/C18H24F3NO6/c1-17(2,3)28-16(25)22-6-4-11(5-7-22)9-26-14-10-27-13(8-12(14)23)15(24)18(19,20)21/h8,10-11,15,24H,4-7,9H2,1-3H3. The van der Waals surface area contributed by atoms with Gasteiger partial charge in [-0.1, -0.05) is 0 Å². The lowest BCUT2D eigenvalue weighted by Crippen LogP contribution is -2.42. The molecule has 158 valence electrons. The van der Waals surface area contributed by atoms with Crippen LogP contribution < -0.4 is 10.2 Å². The highest BCUT2D eigenvalue weighted by Gasteiger charge is 2.41. The molecule has 0 bridgehead atoms. The van der Waals surface area contributed by atoms with Gasteiger partial charge in [-0.05, 0) is 39.5 Å². The van der Waals surface area contributed by atoms with E-state index in [0.717, 1.165) is 6.26 Å². The number of hydrogen-bond donors (Lipinski definition) is 1. The molecular weight excluding hydrogens is 383 g/mol. The van der Waals surface area contributed by atoms with Crippen LogP contribution in [0.2, 0.25) is 0 Å². The molecular formula is C18H24F3NO6. The molecule has 1 amide bonds. The molecule has 1 aromatic rings. The van der Waals surface area contributed by atoms with Crippen LogP contribution in [0.1, 0.15) is 45.5 Å². The maximum atomic E-state index is 12.5. The molecule has 1 aromatic heterocycles. The van der Waals surface area contributed by atoms with E-state index in [1.165, 1.54) is 0 Å². The zero-order valence-corrected chi connectivity index (χ0v) is 15.9. The van der Waals surface area contributed by atoms with E-state index in [1.54, 1.807) is 25.7 Å². The number of carbonyl (C=O) groups excluding carboxylic acids is 1. The fraction of sp³-hybridized carbons (Fsp3) is 0.667. The molecule has 0 spiro atoms. The lowest BCUT2D eigenvalue weighted by molar-refractivity contribution is -0.212. The topological polar surface area (TPSA) is 89.2 Å². The third-order valence-corrected chi connectivity index (χ3v) is 4.14. The molecule has 0 aromatic carbocycles. The largest absolute Gasteiger partial charge is 0.486 e. The average molecular weight is 407 g/mol. The van der Waals surface area contributed by atoms with Crippen LogP contribution in [-0.4, -0.2) is 47.6 Å². The first-order valence-electron chi connectivity index (χ1n) is 8.85. The Bertz CT molecular complexity index is 732. The smallest absolute Gasteiger partial charge is 0.421 e. The molecule has 0 saturated carbocycles. The second-order valence-corrected chi connectivity index (χ2v) is 7.68. The highest BCUT2D eigenvalue weighted by atomic mass is 19.4. The summed E-state index contributed by atoms with van der Waals surface area (Å²) in [5.41, 5.74) is -1.38. The van der Waals surface area contributed by atoms with Gasteiger partial charge in [-0.25, -0.2) is 4.79 Å². The number of aliphatic hydroxyl groups excluding tert-OH is 1. The van der Waals surface area contributed by atoms with E-state index in [2.05, 4.69) is 0 Å². The Morgan fingerprint density at radius 2 is 1.93 bits per heavy atom. The van der Waals surface area contributed by atoms with E-state index in [1.807, 2.05) is 0 Å². The molecule has 2 rings (SSSR count).